The van der Waals surface area contributed by atoms with Crippen molar-refractivity contribution in [3.8, 4) is 11.1 Å². The average Bonchev–Trinajstić information content (AvgIpc) is 3.13. The molecule has 3 aliphatic rings. The first kappa shape index (κ1) is 24.4. The summed E-state index contributed by atoms with van der Waals surface area (Å²) in [6.45, 7) is 10.9. The van der Waals surface area contributed by atoms with E-state index < -0.39 is 0 Å². The average molecular weight is 475 g/mol. The Labute approximate surface area is 211 Å². The van der Waals surface area contributed by atoms with E-state index in [0.717, 1.165) is 43.9 Å². The zero-order valence-corrected chi connectivity index (χ0v) is 22.0. The van der Waals surface area contributed by atoms with Crippen molar-refractivity contribution in [3.05, 3.63) is 42.2 Å². The maximum atomic E-state index is 12.3. The van der Waals surface area contributed by atoms with Crippen molar-refractivity contribution >= 4 is 11.7 Å². The molecule has 1 aliphatic carbocycles. The van der Waals surface area contributed by atoms with E-state index >= 15 is 0 Å². The van der Waals surface area contributed by atoms with Crippen molar-refractivity contribution in [2.24, 2.45) is 17.8 Å². The molecule has 2 bridgehead atoms. The number of carbonyl (C=O) groups excluding carboxylic acids is 1. The Hall–Kier alpha value is -2.27. The Morgan fingerprint density at radius 1 is 0.857 bits per heavy atom. The number of fused-ring (bicyclic) bond motifs is 2. The standard InChI is InChI=1S/C30H42N4O/c1-20(2)29(35)25-11-7-23(8-12-25)15-22-5-9-24(10-6-22)26-16-31-30(32-17-26)34-27-13-14-28(34)19-33(18-27)21(3)4/h5-6,9-10,16-17,20-21,23,25,27-28H,7-8,11-15,18-19H2,1-4H3. The lowest BCUT2D eigenvalue weighted by Crippen LogP contribution is -2.56. The highest BCUT2D eigenvalue weighted by Gasteiger charge is 2.41. The first-order chi connectivity index (χ1) is 16.9. The van der Waals surface area contributed by atoms with E-state index in [1.165, 1.54) is 36.8 Å². The summed E-state index contributed by atoms with van der Waals surface area (Å²) in [4.78, 5) is 27.0. The molecule has 0 radical (unpaired) electrons. The molecule has 2 aromatic rings. The summed E-state index contributed by atoms with van der Waals surface area (Å²) >= 11 is 0. The molecule has 1 aromatic carbocycles. The van der Waals surface area contributed by atoms with Crippen LogP contribution in [0.3, 0.4) is 0 Å². The third-order valence-electron chi connectivity index (χ3n) is 8.74. The van der Waals surface area contributed by atoms with E-state index in [9.17, 15) is 4.79 Å². The van der Waals surface area contributed by atoms with Gasteiger partial charge in [0, 0.05) is 61.0 Å². The molecule has 5 heteroatoms. The molecular weight excluding hydrogens is 432 g/mol. The Morgan fingerprint density at radius 3 is 2.00 bits per heavy atom. The topological polar surface area (TPSA) is 49.3 Å². The normalized spacial score (nSPS) is 27.1. The molecule has 2 unspecified atom stereocenters. The molecule has 2 aliphatic heterocycles. The number of hydrogen-bond donors (Lipinski definition) is 0. The molecule has 0 spiro atoms. The van der Waals surface area contributed by atoms with Gasteiger partial charge in [-0.15, -0.1) is 0 Å². The Bertz CT molecular complexity index is 978. The molecule has 5 nitrogen and oxygen atoms in total. The maximum Gasteiger partial charge on any atom is 0.225 e. The van der Waals surface area contributed by atoms with Gasteiger partial charge in [0.25, 0.3) is 0 Å². The van der Waals surface area contributed by atoms with E-state index in [0.29, 0.717) is 35.7 Å². The first-order valence-corrected chi connectivity index (χ1v) is 13.9. The fourth-order valence-corrected chi connectivity index (χ4v) is 6.58. The minimum atomic E-state index is 0.173. The summed E-state index contributed by atoms with van der Waals surface area (Å²) in [6, 6.07) is 10.6. The summed E-state index contributed by atoms with van der Waals surface area (Å²) in [6.07, 6.45) is 12.1. The van der Waals surface area contributed by atoms with Crippen molar-refractivity contribution in [1.82, 2.24) is 14.9 Å². The predicted molar refractivity (Wildman–Crippen MR) is 142 cm³/mol. The Balaban J connectivity index is 1.17. The van der Waals surface area contributed by atoms with Gasteiger partial charge in [0.05, 0.1) is 0 Å². The molecule has 188 valence electrons. The second-order valence-electron chi connectivity index (χ2n) is 11.8. The van der Waals surface area contributed by atoms with Gasteiger partial charge in [-0.2, -0.15) is 0 Å². The van der Waals surface area contributed by atoms with Crippen LogP contribution in [0.25, 0.3) is 11.1 Å². The molecule has 0 N–H and O–H groups in total. The van der Waals surface area contributed by atoms with Crippen LogP contribution in [0.4, 0.5) is 5.95 Å². The minimum absolute atomic E-state index is 0.173. The highest BCUT2D eigenvalue weighted by atomic mass is 16.1. The van der Waals surface area contributed by atoms with Gasteiger partial charge in [0.1, 0.15) is 5.78 Å². The summed E-state index contributed by atoms with van der Waals surface area (Å²) in [5.74, 6) is 2.53. The molecule has 2 saturated heterocycles. The smallest absolute Gasteiger partial charge is 0.225 e. The highest BCUT2D eigenvalue weighted by Crippen LogP contribution is 2.35. The lowest BCUT2D eigenvalue weighted by Gasteiger charge is -2.42. The van der Waals surface area contributed by atoms with Gasteiger partial charge in [-0.1, -0.05) is 38.1 Å². The number of rotatable bonds is 7. The highest BCUT2D eigenvalue weighted by molar-refractivity contribution is 5.82. The summed E-state index contributed by atoms with van der Waals surface area (Å²) in [7, 11) is 0. The first-order valence-electron chi connectivity index (χ1n) is 13.9. The lowest BCUT2D eigenvalue weighted by molar-refractivity contribution is -0.127. The molecule has 35 heavy (non-hydrogen) atoms. The number of benzene rings is 1. The van der Waals surface area contributed by atoms with Gasteiger partial charge < -0.3 is 4.90 Å². The zero-order valence-electron chi connectivity index (χ0n) is 22.0. The van der Waals surface area contributed by atoms with E-state index in [2.05, 4.69) is 47.9 Å². The summed E-state index contributed by atoms with van der Waals surface area (Å²) in [5, 5.41) is 0. The van der Waals surface area contributed by atoms with E-state index in [4.69, 9.17) is 9.97 Å². The number of ketones is 1. The fourth-order valence-electron chi connectivity index (χ4n) is 6.58. The number of piperazine rings is 1. The number of Topliss-reactive ketones (excluding diaryl/α,β-unsaturated/α-hetero) is 1. The van der Waals surface area contributed by atoms with Gasteiger partial charge in [0.15, 0.2) is 0 Å². The number of nitrogens with zero attached hydrogens (tertiary/aromatic N) is 4. The predicted octanol–water partition coefficient (Wildman–Crippen LogP) is 5.78. The monoisotopic (exact) mass is 474 g/mol. The SMILES string of the molecule is CC(C)C(=O)C1CCC(Cc2ccc(-c3cnc(N4C5CCC4CN(C(C)C)C5)nc3)cc2)CC1. The van der Waals surface area contributed by atoms with Crippen LogP contribution in [-0.4, -0.2) is 51.9 Å². The van der Waals surface area contributed by atoms with E-state index in [1.807, 2.05) is 26.2 Å². The van der Waals surface area contributed by atoms with Crippen LogP contribution < -0.4 is 4.90 Å². The summed E-state index contributed by atoms with van der Waals surface area (Å²) in [5.41, 5.74) is 3.66. The van der Waals surface area contributed by atoms with Crippen LogP contribution in [0.5, 0.6) is 0 Å². The lowest BCUT2D eigenvalue weighted by atomic mass is 9.76. The summed E-state index contributed by atoms with van der Waals surface area (Å²) < 4.78 is 0. The van der Waals surface area contributed by atoms with Crippen LogP contribution in [0.1, 0.15) is 71.8 Å². The molecule has 5 rings (SSSR count). The molecule has 1 saturated carbocycles. The molecule has 1 aromatic heterocycles. The van der Waals surface area contributed by atoms with Crippen molar-refractivity contribution in [2.45, 2.75) is 90.8 Å². The largest absolute Gasteiger partial charge is 0.332 e. The minimum Gasteiger partial charge on any atom is -0.332 e. The van der Waals surface area contributed by atoms with Gasteiger partial charge in [-0.05, 0) is 75.8 Å². The third kappa shape index (κ3) is 5.30. The van der Waals surface area contributed by atoms with Crippen LogP contribution in [-0.2, 0) is 11.2 Å². The van der Waals surface area contributed by atoms with Crippen LogP contribution in [0.2, 0.25) is 0 Å². The van der Waals surface area contributed by atoms with E-state index in [-0.39, 0.29) is 5.92 Å². The molecule has 3 heterocycles. The van der Waals surface area contributed by atoms with Crippen LogP contribution in [0.15, 0.2) is 36.7 Å². The molecular formula is C30H42N4O. The van der Waals surface area contributed by atoms with Crippen molar-refractivity contribution in [1.29, 1.82) is 0 Å². The van der Waals surface area contributed by atoms with E-state index in [1.54, 1.807) is 0 Å². The third-order valence-corrected chi connectivity index (χ3v) is 8.74. The number of anilines is 1. The Morgan fingerprint density at radius 2 is 1.46 bits per heavy atom. The number of likely N-dealkylation sites (tertiary alicyclic amines) is 1. The Kier molecular flexibility index (Phi) is 7.24. The van der Waals surface area contributed by atoms with Crippen molar-refractivity contribution in [2.75, 3.05) is 18.0 Å². The maximum absolute atomic E-state index is 12.3. The fraction of sp³-hybridized carbons (Fsp3) is 0.633. The second kappa shape index (κ2) is 10.4. The van der Waals surface area contributed by atoms with Crippen molar-refractivity contribution < 1.29 is 4.79 Å². The van der Waals surface area contributed by atoms with Crippen LogP contribution >= 0.6 is 0 Å². The number of carbonyl (C=O) groups is 1. The number of hydrogen-bond acceptors (Lipinski definition) is 5. The van der Waals surface area contributed by atoms with Gasteiger partial charge in [0.2, 0.25) is 5.95 Å². The van der Waals surface area contributed by atoms with Crippen LogP contribution in [0, 0.1) is 17.8 Å². The second-order valence-corrected chi connectivity index (χ2v) is 11.8. The van der Waals surface area contributed by atoms with Gasteiger partial charge in [-0.25, -0.2) is 9.97 Å². The molecule has 3 fully saturated rings. The molecule has 0 amide bonds. The zero-order chi connectivity index (χ0) is 24.5. The van der Waals surface area contributed by atoms with Crippen molar-refractivity contribution in [3.63, 3.8) is 0 Å². The number of aromatic nitrogens is 2. The van der Waals surface area contributed by atoms with Gasteiger partial charge >= 0.3 is 0 Å². The molecule has 2 atom stereocenters. The quantitative estimate of drug-likeness (QED) is 0.509. The van der Waals surface area contributed by atoms with Gasteiger partial charge in [-0.3, -0.25) is 9.69 Å².